The number of carbonyl (C=O) groups is 1. The van der Waals surface area contributed by atoms with Crippen LogP contribution in [0.25, 0.3) is 0 Å². The Labute approximate surface area is 141 Å². The van der Waals surface area contributed by atoms with Gasteiger partial charge in [-0.15, -0.1) is 0 Å². The third-order valence-electron chi connectivity index (χ3n) is 3.35. The number of nitrogens with zero attached hydrogens (tertiary/aromatic N) is 2. The van der Waals surface area contributed by atoms with Gasteiger partial charge >= 0.3 is 5.97 Å². The molecular formula is C17H21N3O4. The van der Waals surface area contributed by atoms with E-state index in [0.717, 1.165) is 22.6 Å². The van der Waals surface area contributed by atoms with Gasteiger partial charge in [-0.1, -0.05) is 0 Å². The van der Waals surface area contributed by atoms with E-state index < -0.39 is 5.97 Å². The van der Waals surface area contributed by atoms with Gasteiger partial charge in [0.25, 0.3) is 0 Å². The third kappa shape index (κ3) is 4.13. The second-order valence-corrected chi connectivity index (χ2v) is 5.01. The molecule has 0 amide bonds. The fourth-order valence-electron chi connectivity index (χ4n) is 2.24. The molecule has 0 radical (unpaired) electrons. The van der Waals surface area contributed by atoms with Crippen LogP contribution >= 0.6 is 0 Å². The Morgan fingerprint density at radius 3 is 2.38 bits per heavy atom. The molecule has 1 N–H and O–H groups in total. The minimum atomic E-state index is -0.478. The van der Waals surface area contributed by atoms with Crippen LogP contribution in [0.2, 0.25) is 0 Å². The number of rotatable bonds is 7. The van der Waals surface area contributed by atoms with E-state index in [0.29, 0.717) is 19.0 Å². The van der Waals surface area contributed by atoms with Crippen LogP contribution in [0.5, 0.6) is 11.5 Å². The number of esters is 1. The monoisotopic (exact) mass is 331 g/mol. The number of aromatic nitrogens is 2. The molecule has 7 heteroatoms. The Balaban J connectivity index is 2.19. The second kappa shape index (κ2) is 8.14. The molecule has 1 aromatic carbocycles. The molecule has 0 aliphatic carbocycles. The molecule has 7 nitrogen and oxygen atoms in total. The van der Waals surface area contributed by atoms with Gasteiger partial charge in [0.05, 0.1) is 26.4 Å². The van der Waals surface area contributed by atoms with Crippen LogP contribution in [-0.4, -0.2) is 36.8 Å². The highest BCUT2D eigenvalue weighted by Gasteiger charge is 2.13. The van der Waals surface area contributed by atoms with E-state index in [1.54, 1.807) is 27.2 Å². The van der Waals surface area contributed by atoms with Gasteiger partial charge in [-0.05, 0) is 31.5 Å². The Hall–Kier alpha value is -2.83. The Kier molecular flexibility index (Phi) is 5.95. The molecule has 128 valence electrons. The summed E-state index contributed by atoms with van der Waals surface area (Å²) in [6.07, 6.45) is 1.32. The van der Waals surface area contributed by atoms with Crippen LogP contribution in [0.1, 0.15) is 28.5 Å². The molecule has 0 unspecified atom stereocenters. The first-order chi connectivity index (χ1) is 11.6. The van der Waals surface area contributed by atoms with Crippen molar-refractivity contribution >= 4 is 11.8 Å². The summed E-state index contributed by atoms with van der Waals surface area (Å²) in [6, 6.07) is 5.41. The molecule has 0 saturated heterocycles. The molecule has 0 saturated carbocycles. The smallest absolute Gasteiger partial charge is 0.357 e. The average molecular weight is 331 g/mol. The second-order valence-electron chi connectivity index (χ2n) is 5.01. The summed E-state index contributed by atoms with van der Waals surface area (Å²) in [5.41, 5.74) is 2.11. The highest BCUT2D eigenvalue weighted by atomic mass is 16.5. The summed E-state index contributed by atoms with van der Waals surface area (Å²) in [6.45, 7) is 4.43. The van der Waals surface area contributed by atoms with Crippen molar-refractivity contribution in [1.29, 1.82) is 0 Å². The number of nitrogens with one attached hydrogen (secondary N) is 1. The third-order valence-corrected chi connectivity index (χ3v) is 3.35. The van der Waals surface area contributed by atoms with E-state index in [2.05, 4.69) is 15.3 Å². The van der Waals surface area contributed by atoms with Gasteiger partial charge < -0.3 is 19.5 Å². The SMILES string of the molecule is CCOC(=O)c1cc(NCc2c(OC)cc(C)cc2OC)ncn1. The number of carbonyl (C=O) groups excluding carboxylic acids is 1. The lowest BCUT2D eigenvalue weighted by Crippen LogP contribution is -2.10. The minimum absolute atomic E-state index is 0.206. The van der Waals surface area contributed by atoms with Crippen LogP contribution in [0.3, 0.4) is 0 Å². The maximum atomic E-state index is 11.7. The van der Waals surface area contributed by atoms with Crippen molar-refractivity contribution in [2.75, 3.05) is 26.1 Å². The van der Waals surface area contributed by atoms with Crippen molar-refractivity contribution in [3.05, 3.63) is 41.3 Å². The van der Waals surface area contributed by atoms with Crippen LogP contribution in [-0.2, 0) is 11.3 Å². The number of hydrogen-bond donors (Lipinski definition) is 1. The molecule has 0 aliphatic heterocycles. The number of benzene rings is 1. The number of ether oxygens (including phenoxy) is 3. The summed E-state index contributed by atoms with van der Waals surface area (Å²) in [7, 11) is 3.22. The zero-order valence-corrected chi connectivity index (χ0v) is 14.3. The van der Waals surface area contributed by atoms with Gasteiger partial charge in [0.2, 0.25) is 0 Å². The van der Waals surface area contributed by atoms with Gasteiger partial charge in [0, 0.05) is 12.6 Å². The van der Waals surface area contributed by atoms with Crippen LogP contribution in [0.15, 0.2) is 24.5 Å². The normalized spacial score (nSPS) is 10.2. The molecule has 0 spiro atoms. The van der Waals surface area contributed by atoms with Gasteiger partial charge in [0.1, 0.15) is 23.6 Å². The van der Waals surface area contributed by atoms with Gasteiger partial charge in [-0.3, -0.25) is 0 Å². The van der Waals surface area contributed by atoms with Crippen LogP contribution in [0, 0.1) is 6.92 Å². The zero-order valence-electron chi connectivity index (χ0n) is 14.3. The number of hydrogen-bond acceptors (Lipinski definition) is 7. The molecular weight excluding hydrogens is 310 g/mol. The summed E-state index contributed by atoms with van der Waals surface area (Å²) >= 11 is 0. The van der Waals surface area contributed by atoms with E-state index >= 15 is 0 Å². The van der Waals surface area contributed by atoms with Crippen molar-refractivity contribution in [3.63, 3.8) is 0 Å². The lowest BCUT2D eigenvalue weighted by molar-refractivity contribution is 0.0519. The molecule has 1 heterocycles. The number of methoxy groups -OCH3 is 2. The van der Waals surface area contributed by atoms with E-state index in [4.69, 9.17) is 14.2 Å². The first-order valence-corrected chi connectivity index (χ1v) is 7.53. The predicted octanol–water partition coefficient (Wildman–Crippen LogP) is 2.59. The van der Waals surface area contributed by atoms with E-state index in [1.807, 2.05) is 19.1 Å². The summed E-state index contributed by atoms with van der Waals surface area (Å²) < 4.78 is 15.8. The summed E-state index contributed by atoms with van der Waals surface area (Å²) in [4.78, 5) is 19.8. The lowest BCUT2D eigenvalue weighted by Gasteiger charge is -2.15. The maximum Gasteiger partial charge on any atom is 0.357 e. The molecule has 2 rings (SSSR count). The average Bonchev–Trinajstić information content (AvgIpc) is 2.60. The van der Waals surface area contributed by atoms with Crippen LogP contribution < -0.4 is 14.8 Å². The quantitative estimate of drug-likeness (QED) is 0.781. The van der Waals surface area contributed by atoms with Crippen molar-refractivity contribution in [2.24, 2.45) is 0 Å². The van der Waals surface area contributed by atoms with Crippen molar-refractivity contribution in [1.82, 2.24) is 9.97 Å². The lowest BCUT2D eigenvalue weighted by atomic mass is 10.1. The Bertz CT molecular complexity index is 694. The van der Waals surface area contributed by atoms with Crippen molar-refractivity contribution in [2.45, 2.75) is 20.4 Å². The molecule has 24 heavy (non-hydrogen) atoms. The molecule has 0 atom stereocenters. The van der Waals surface area contributed by atoms with Gasteiger partial charge in [0.15, 0.2) is 5.69 Å². The molecule has 1 aromatic heterocycles. The zero-order chi connectivity index (χ0) is 17.5. The topological polar surface area (TPSA) is 82.6 Å². The number of aryl methyl sites for hydroxylation is 1. The largest absolute Gasteiger partial charge is 0.496 e. The first-order valence-electron chi connectivity index (χ1n) is 7.53. The van der Waals surface area contributed by atoms with E-state index in [9.17, 15) is 4.79 Å². The minimum Gasteiger partial charge on any atom is -0.496 e. The fourth-order valence-corrected chi connectivity index (χ4v) is 2.24. The summed E-state index contributed by atoms with van der Waals surface area (Å²) in [5, 5.41) is 3.15. The van der Waals surface area contributed by atoms with E-state index in [-0.39, 0.29) is 5.69 Å². The standard InChI is InChI=1S/C17H21N3O4/c1-5-24-17(21)13-8-16(20-10-19-13)18-9-12-14(22-3)6-11(2)7-15(12)23-4/h6-8,10H,5,9H2,1-4H3,(H,18,19,20). The molecule has 0 aliphatic rings. The molecule has 2 aromatic rings. The molecule has 0 bridgehead atoms. The van der Waals surface area contributed by atoms with Gasteiger partial charge in [-0.25, -0.2) is 14.8 Å². The first kappa shape index (κ1) is 17.5. The van der Waals surface area contributed by atoms with E-state index in [1.165, 1.54) is 6.33 Å². The van der Waals surface area contributed by atoms with Crippen molar-refractivity contribution < 1.29 is 19.0 Å². The molecule has 0 fully saturated rings. The maximum absolute atomic E-state index is 11.7. The number of anilines is 1. The predicted molar refractivity (Wildman–Crippen MR) is 89.6 cm³/mol. The van der Waals surface area contributed by atoms with Crippen molar-refractivity contribution in [3.8, 4) is 11.5 Å². The Morgan fingerprint density at radius 1 is 1.12 bits per heavy atom. The highest BCUT2D eigenvalue weighted by Crippen LogP contribution is 2.30. The Morgan fingerprint density at radius 2 is 1.79 bits per heavy atom. The van der Waals surface area contributed by atoms with Crippen LogP contribution in [0.4, 0.5) is 5.82 Å². The van der Waals surface area contributed by atoms with Gasteiger partial charge in [-0.2, -0.15) is 0 Å². The fraction of sp³-hybridized carbons (Fsp3) is 0.353. The summed E-state index contributed by atoms with van der Waals surface area (Å²) in [5.74, 6) is 1.48. The highest BCUT2D eigenvalue weighted by molar-refractivity contribution is 5.87.